The number of para-hydroxylation sites is 1. The number of amides is 2. The van der Waals surface area contributed by atoms with Crippen LogP contribution in [0.1, 0.15) is 50.2 Å². The predicted molar refractivity (Wildman–Crippen MR) is 142 cm³/mol. The Bertz CT molecular complexity index is 1240. The maximum atomic E-state index is 13.6. The maximum absolute atomic E-state index is 13.6. The number of rotatable bonds is 8. The Labute approximate surface area is 218 Å². The lowest BCUT2D eigenvalue weighted by Gasteiger charge is -2.53. The highest BCUT2D eigenvalue weighted by molar-refractivity contribution is 5.91. The topological polar surface area (TPSA) is 80.6 Å². The number of carbonyl (C=O) groups excluding carboxylic acids is 2. The van der Waals surface area contributed by atoms with Crippen LogP contribution in [0.4, 0.5) is 4.79 Å². The first-order valence-electron chi connectivity index (χ1n) is 13.7. The smallest absolute Gasteiger partial charge is 0.408 e. The summed E-state index contributed by atoms with van der Waals surface area (Å²) in [5.74, 6) is 2.31. The van der Waals surface area contributed by atoms with Gasteiger partial charge in [0.1, 0.15) is 17.2 Å². The first kappa shape index (κ1) is 24.1. The third-order valence-electron chi connectivity index (χ3n) is 8.91. The minimum absolute atomic E-state index is 0.0343. The first-order chi connectivity index (χ1) is 18.0. The monoisotopic (exact) mass is 500 g/mol. The Morgan fingerprint density at radius 1 is 0.946 bits per heavy atom. The van der Waals surface area contributed by atoms with Gasteiger partial charge in [0, 0.05) is 23.9 Å². The lowest BCUT2D eigenvalue weighted by atomic mass is 9.55. The number of nitrogens with one attached hydrogen (secondary N) is 2. The lowest BCUT2D eigenvalue weighted by molar-refractivity contribution is -0.127. The number of ether oxygens (including phenoxy) is 1. The standard InChI is InChI=1S/C31H36N2O4/c1-31(18-25-19-36-27-10-6-5-9-26(25)27,29(34)32-12-11-20-7-3-2-4-8-20)33-30(35)37-28-23-14-21-13-22(16-23)17-24(28)15-21/h2-10,19,21-24,28H,11-18H2,1H3,(H,32,34)(H,33,35). The zero-order valence-corrected chi connectivity index (χ0v) is 21.5. The summed E-state index contributed by atoms with van der Waals surface area (Å²) < 4.78 is 11.8. The van der Waals surface area contributed by atoms with E-state index in [1.54, 1.807) is 13.2 Å². The normalized spacial score (nSPS) is 27.5. The Morgan fingerprint density at radius 3 is 2.35 bits per heavy atom. The third-order valence-corrected chi connectivity index (χ3v) is 8.91. The molecular weight excluding hydrogens is 464 g/mol. The fraction of sp³-hybridized carbons (Fsp3) is 0.484. The van der Waals surface area contributed by atoms with Crippen molar-refractivity contribution < 1.29 is 18.7 Å². The van der Waals surface area contributed by atoms with Gasteiger partial charge in [-0.2, -0.15) is 0 Å². The molecule has 0 radical (unpaired) electrons. The zero-order chi connectivity index (χ0) is 25.4. The number of furan rings is 1. The van der Waals surface area contributed by atoms with Gasteiger partial charge in [-0.1, -0.05) is 48.5 Å². The molecule has 1 aromatic heterocycles. The highest BCUT2D eigenvalue weighted by Gasteiger charge is 2.50. The summed E-state index contributed by atoms with van der Waals surface area (Å²) in [4.78, 5) is 26.9. The average Bonchev–Trinajstić information content (AvgIpc) is 3.29. The second kappa shape index (κ2) is 9.88. The van der Waals surface area contributed by atoms with Gasteiger partial charge in [-0.3, -0.25) is 4.79 Å². The van der Waals surface area contributed by atoms with E-state index in [0.29, 0.717) is 24.8 Å². The molecule has 0 saturated heterocycles. The molecule has 1 unspecified atom stereocenters. The molecule has 2 amide bonds. The van der Waals surface area contributed by atoms with Gasteiger partial charge in [0.05, 0.1) is 6.26 Å². The van der Waals surface area contributed by atoms with E-state index in [4.69, 9.17) is 9.15 Å². The van der Waals surface area contributed by atoms with Crippen molar-refractivity contribution in [2.24, 2.45) is 23.7 Å². The van der Waals surface area contributed by atoms with Crippen molar-refractivity contribution in [3.8, 4) is 0 Å². The van der Waals surface area contributed by atoms with Gasteiger partial charge in [-0.05, 0) is 80.8 Å². The second-order valence-electron chi connectivity index (χ2n) is 11.7. The van der Waals surface area contributed by atoms with Gasteiger partial charge < -0.3 is 19.8 Å². The van der Waals surface area contributed by atoms with Crippen LogP contribution in [0.15, 0.2) is 65.3 Å². The summed E-state index contributed by atoms with van der Waals surface area (Å²) in [6.45, 7) is 2.27. The molecule has 4 saturated carbocycles. The number of carbonyl (C=O) groups is 2. The largest absolute Gasteiger partial charge is 0.464 e. The molecule has 37 heavy (non-hydrogen) atoms. The van der Waals surface area contributed by atoms with Gasteiger partial charge >= 0.3 is 6.09 Å². The molecule has 4 aliphatic carbocycles. The molecule has 4 fully saturated rings. The van der Waals surface area contributed by atoms with Crippen LogP contribution in [-0.4, -0.2) is 30.2 Å². The van der Waals surface area contributed by atoms with Crippen molar-refractivity contribution >= 4 is 23.0 Å². The summed E-state index contributed by atoms with van der Waals surface area (Å²) in [5.41, 5.74) is 1.61. The minimum Gasteiger partial charge on any atom is -0.464 e. The number of benzene rings is 2. The number of fused-ring (bicyclic) bond motifs is 1. The molecule has 0 spiro atoms. The summed E-state index contributed by atoms with van der Waals surface area (Å²) in [5, 5.41) is 6.99. The molecule has 2 N–H and O–H groups in total. The molecule has 4 bridgehead atoms. The molecule has 6 heteroatoms. The number of hydrogen-bond donors (Lipinski definition) is 2. The van der Waals surface area contributed by atoms with E-state index >= 15 is 0 Å². The summed E-state index contributed by atoms with van der Waals surface area (Å²) in [6.07, 6.45) is 8.21. The van der Waals surface area contributed by atoms with Crippen molar-refractivity contribution in [2.75, 3.05) is 6.54 Å². The van der Waals surface area contributed by atoms with E-state index in [2.05, 4.69) is 10.6 Å². The maximum Gasteiger partial charge on any atom is 0.408 e. The van der Waals surface area contributed by atoms with Crippen LogP contribution in [0.3, 0.4) is 0 Å². The highest BCUT2D eigenvalue weighted by atomic mass is 16.6. The average molecular weight is 501 g/mol. The summed E-state index contributed by atoms with van der Waals surface area (Å²) in [7, 11) is 0. The van der Waals surface area contributed by atoms with Crippen LogP contribution in [-0.2, 0) is 22.4 Å². The van der Waals surface area contributed by atoms with E-state index in [-0.39, 0.29) is 12.0 Å². The predicted octanol–water partition coefficient (Wildman–Crippen LogP) is 5.64. The van der Waals surface area contributed by atoms with E-state index in [9.17, 15) is 9.59 Å². The molecule has 3 aromatic rings. The Morgan fingerprint density at radius 2 is 1.62 bits per heavy atom. The van der Waals surface area contributed by atoms with Crippen molar-refractivity contribution in [1.82, 2.24) is 10.6 Å². The van der Waals surface area contributed by atoms with Gasteiger partial charge in [0.15, 0.2) is 0 Å². The molecule has 194 valence electrons. The van der Waals surface area contributed by atoms with Crippen LogP contribution in [0.2, 0.25) is 0 Å². The van der Waals surface area contributed by atoms with Crippen LogP contribution in [0.25, 0.3) is 11.0 Å². The summed E-state index contributed by atoms with van der Waals surface area (Å²) >= 11 is 0. The number of hydrogen-bond acceptors (Lipinski definition) is 4. The lowest BCUT2D eigenvalue weighted by Crippen LogP contribution is -2.60. The number of alkyl carbamates (subject to hydrolysis) is 1. The second-order valence-corrected chi connectivity index (χ2v) is 11.7. The van der Waals surface area contributed by atoms with Crippen LogP contribution in [0, 0.1) is 23.7 Å². The zero-order valence-electron chi connectivity index (χ0n) is 21.5. The molecule has 7 rings (SSSR count). The molecule has 1 heterocycles. The minimum atomic E-state index is -1.19. The molecule has 0 aliphatic heterocycles. The fourth-order valence-corrected chi connectivity index (χ4v) is 7.34. The molecule has 1 atom stereocenters. The quantitative estimate of drug-likeness (QED) is 0.419. The van der Waals surface area contributed by atoms with Gasteiger partial charge in [0.2, 0.25) is 5.91 Å². The van der Waals surface area contributed by atoms with Crippen molar-refractivity contribution in [3.05, 3.63) is 72.0 Å². The van der Waals surface area contributed by atoms with Gasteiger partial charge in [-0.15, -0.1) is 0 Å². The van der Waals surface area contributed by atoms with Crippen molar-refractivity contribution in [3.63, 3.8) is 0 Å². The SMILES string of the molecule is CC(Cc1coc2ccccc12)(NC(=O)OC1C2CC3CC(C2)CC1C3)C(=O)NCCc1ccccc1. The highest BCUT2D eigenvalue weighted by Crippen LogP contribution is 2.54. The van der Waals surface area contributed by atoms with Crippen molar-refractivity contribution in [1.29, 1.82) is 0 Å². The van der Waals surface area contributed by atoms with E-state index < -0.39 is 11.6 Å². The molecule has 2 aromatic carbocycles. The first-order valence-corrected chi connectivity index (χ1v) is 13.7. The molecule has 4 aliphatic rings. The summed E-state index contributed by atoms with van der Waals surface area (Å²) in [6, 6.07) is 17.8. The fourth-order valence-electron chi connectivity index (χ4n) is 7.34. The molecular formula is C31H36N2O4. The Kier molecular flexibility index (Phi) is 6.43. The van der Waals surface area contributed by atoms with Gasteiger partial charge in [-0.25, -0.2) is 4.79 Å². The van der Waals surface area contributed by atoms with Crippen LogP contribution in [0.5, 0.6) is 0 Å². The van der Waals surface area contributed by atoms with Crippen molar-refractivity contribution in [2.45, 2.75) is 63.5 Å². The third kappa shape index (κ3) is 4.98. The van der Waals surface area contributed by atoms with Crippen LogP contribution < -0.4 is 10.6 Å². The van der Waals surface area contributed by atoms with E-state index in [1.165, 1.54) is 32.1 Å². The van der Waals surface area contributed by atoms with E-state index in [0.717, 1.165) is 40.4 Å². The van der Waals surface area contributed by atoms with Crippen LogP contribution >= 0.6 is 0 Å². The Balaban J connectivity index is 1.17. The molecule has 6 nitrogen and oxygen atoms in total. The Hall–Kier alpha value is -3.28. The van der Waals surface area contributed by atoms with Gasteiger partial charge in [0.25, 0.3) is 0 Å². The van der Waals surface area contributed by atoms with E-state index in [1.807, 2.05) is 54.6 Å².